The maximum absolute atomic E-state index is 12.6. The minimum Gasteiger partial charge on any atom is -0.349 e. The Bertz CT molecular complexity index is 790. The quantitative estimate of drug-likeness (QED) is 0.810. The number of nitrogens with zero attached hydrogens (tertiary/aromatic N) is 1. The van der Waals surface area contributed by atoms with E-state index in [4.69, 9.17) is 11.6 Å². The third kappa shape index (κ3) is 4.20. The van der Waals surface area contributed by atoms with Crippen molar-refractivity contribution in [2.24, 2.45) is 0 Å². The Morgan fingerprint density at radius 1 is 1.07 bits per heavy atom. The zero-order valence-electron chi connectivity index (χ0n) is 15.8. The summed E-state index contributed by atoms with van der Waals surface area (Å²) in [6.45, 7) is 3.15. The third-order valence-corrected chi connectivity index (χ3v) is 6.39. The first-order valence-corrected chi connectivity index (χ1v) is 10.3. The summed E-state index contributed by atoms with van der Waals surface area (Å²) in [7, 11) is 0. The summed E-state index contributed by atoms with van der Waals surface area (Å²) in [5.41, 5.74) is 3.27. The second kappa shape index (κ2) is 8.04. The Labute approximate surface area is 166 Å². The molecular weight excluding hydrogens is 356 g/mol. The van der Waals surface area contributed by atoms with Crippen LogP contribution in [-0.2, 0) is 6.54 Å². The number of nitrogens with one attached hydrogen (secondary N) is 1. The monoisotopic (exact) mass is 382 g/mol. The second-order valence-corrected chi connectivity index (χ2v) is 8.43. The number of benzene rings is 2. The molecule has 0 aromatic heterocycles. The van der Waals surface area contributed by atoms with Crippen LogP contribution in [0, 0.1) is 6.92 Å². The lowest BCUT2D eigenvalue weighted by molar-refractivity contribution is 0.0177. The number of hydrogen-bond acceptors (Lipinski definition) is 2. The molecule has 142 valence electrons. The normalized spacial score (nSPS) is 25.2. The Hall–Kier alpha value is -1.84. The van der Waals surface area contributed by atoms with E-state index in [1.807, 2.05) is 12.1 Å². The van der Waals surface area contributed by atoms with Gasteiger partial charge in [0, 0.05) is 24.7 Å². The lowest BCUT2D eigenvalue weighted by Gasteiger charge is -2.49. The Kier molecular flexibility index (Phi) is 5.51. The largest absolute Gasteiger partial charge is 0.349 e. The van der Waals surface area contributed by atoms with E-state index < -0.39 is 0 Å². The number of fused-ring (bicyclic) bond motifs is 2. The van der Waals surface area contributed by atoms with Crippen LogP contribution >= 0.6 is 11.6 Å². The summed E-state index contributed by atoms with van der Waals surface area (Å²) in [5.74, 6) is -0.0457. The topological polar surface area (TPSA) is 32.3 Å². The molecule has 2 aromatic rings. The molecule has 2 aromatic carbocycles. The van der Waals surface area contributed by atoms with Crippen LogP contribution < -0.4 is 5.32 Å². The molecule has 2 aliphatic heterocycles. The van der Waals surface area contributed by atoms with Gasteiger partial charge >= 0.3 is 0 Å². The lowest BCUT2D eigenvalue weighted by atomic mass is 9.81. The fraction of sp³-hybridized carbons (Fsp3) is 0.435. The smallest absolute Gasteiger partial charge is 0.253 e. The molecule has 2 saturated heterocycles. The lowest BCUT2D eigenvalue weighted by Crippen LogP contribution is -2.56. The van der Waals surface area contributed by atoms with Crippen molar-refractivity contribution in [3.05, 3.63) is 70.2 Å². The highest BCUT2D eigenvalue weighted by Gasteiger charge is 2.38. The molecule has 2 fully saturated rings. The molecule has 4 rings (SSSR count). The Morgan fingerprint density at radius 3 is 2.41 bits per heavy atom. The first kappa shape index (κ1) is 18.5. The zero-order chi connectivity index (χ0) is 18.8. The van der Waals surface area contributed by atoms with Crippen LogP contribution in [0.2, 0.25) is 5.02 Å². The van der Waals surface area contributed by atoms with E-state index in [9.17, 15) is 4.79 Å². The standard InChI is InChI=1S/C23H27ClN2O/c1-16-9-11-17(12-10-16)15-26-19-5-4-6-20(26)14-18(13-19)25-23(27)21-7-2-3-8-22(21)24/h2-3,7-12,18-20H,4-6,13-15H2,1H3,(H,25,27)/t19-,20-/m1/s1. The van der Waals surface area contributed by atoms with Gasteiger partial charge in [-0.25, -0.2) is 0 Å². The van der Waals surface area contributed by atoms with Gasteiger partial charge in [-0.05, 0) is 50.3 Å². The summed E-state index contributed by atoms with van der Waals surface area (Å²) in [5, 5.41) is 3.77. The van der Waals surface area contributed by atoms with Crippen molar-refractivity contribution < 1.29 is 4.79 Å². The van der Waals surface area contributed by atoms with E-state index in [1.54, 1.807) is 12.1 Å². The number of halogens is 1. The summed E-state index contributed by atoms with van der Waals surface area (Å²) >= 11 is 6.19. The SMILES string of the molecule is Cc1ccc(CN2[C@@H]3CCC[C@@H]2CC(NC(=O)c2ccccc2Cl)C3)cc1. The van der Waals surface area contributed by atoms with Crippen molar-refractivity contribution in [3.63, 3.8) is 0 Å². The molecule has 4 heteroatoms. The predicted molar refractivity (Wildman–Crippen MR) is 110 cm³/mol. The fourth-order valence-corrected chi connectivity index (χ4v) is 4.89. The van der Waals surface area contributed by atoms with Crippen LogP contribution in [0.4, 0.5) is 0 Å². The van der Waals surface area contributed by atoms with Crippen molar-refractivity contribution in [1.82, 2.24) is 10.2 Å². The van der Waals surface area contributed by atoms with Gasteiger partial charge in [-0.2, -0.15) is 0 Å². The van der Waals surface area contributed by atoms with E-state index in [1.165, 1.54) is 30.4 Å². The summed E-state index contributed by atoms with van der Waals surface area (Å²) in [6.07, 6.45) is 5.80. The molecule has 0 spiro atoms. The molecule has 0 aliphatic carbocycles. The molecular formula is C23H27ClN2O. The maximum atomic E-state index is 12.6. The highest BCUT2D eigenvalue weighted by Crippen LogP contribution is 2.35. The van der Waals surface area contributed by atoms with E-state index >= 15 is 0 Å². The van der Waals surface area contributed by atoms with Crippen molar-refractivity contribution in [1.29, 1.82) is 0 Å². The van der Waals surface area contributed by atoms with Gasteiger partial charge < -0.3 is 5.32 Å². The first-order chi connectivity index (χ1) is 13.1. The third-order valence-electron chi connectivity index (χ3n) is 6.07. The van der Waals surface area contributed by atoms with Gasteiger partial charge in [-0.15, -0.1) is 0 Å². The van der Waals surface area contributed by atoms with Crippen LogP contribution in [-0.4, -0.2) is 28.9 Å². The van der Waals surface area contributed by atoms with E-state index in [0.717, 1.165) is 19.4 Å². The summed E-state index contributed by atoms with van der Waals surface area (Å²) < 4.78 is 0. The zero-order valence-corrected chi connectivity index (χ0v) is 16.6. The van der Waals surface area contributed by atoms with Crippen LogP contribution in [0.1, 0.15) is 53.6 Å². The molecule has 1 amide bonds. The van der Waals surface area contributed by atoms with Gasteiger partial charge in [0.1, 0.15) is 0 Å². The van der Waals surface area contributed by atoms with Gasteiger partial charge in [-0.1, -0.05) is 60.0 Å². The molecule has 2 heterocycles. The molecule has 2 bridgehead atoms. The van der Waals surface area contributed by atoms with Crippen molar-refractivity contribution in [3.8, 4) is 0 Å². The maximum Gasteiger partial charge on any atom is 0.253 e. The van der Waals surface area contributed by atoms with E-state index in [-0.39, 0.29) is 11.9 Å². The number of carbonyl (C=O) groups is 1. The average Bonchev–Trinajstić information content (AvgIpc) is 2.64. The summed E-state index contributed by atoms with van der Waals surface area (Å²) in [6, 6.07) is 17.5. The highest BCUT2D eigenvalue weighted by molar-refractivity contribution is 6.33. The number of rotatable bonds is 4. The van der Waals surface area contributed by atoms with Crippen LogP contribution in [0.5, 0.6) is 0 Å². The van der Waals surface area contributed by atoms with E-state index in [2.05, 4.69) is 41.4 Å². The van der Waals surface area contributed by atoms with Crippen LogP contribution in [0.3, 0.4) is 0 Å². The molecule has 0 radical (unpaired) electrons. The second-order valence-electron chi connectivity index (χ2n) is 8.02. The minimum absolute atomic E-state index is 0.0457. The van der Waals surface area contributed by atoms with Gasteiger partial charge in [0.05, 0.1) is 10.6 Å². The van der Waals surface area contributed by atoms with Crippen molar-refractivity contribution >= 4 is 17.5 Å². The highest BCUT2D eigenvalue weighted by atomic mass is 35.5. The minimum atomic E-state index is -0.0457. The van der Waals surface area contributed by atoms with Crippen LogP contribution in [0.25, 0.3) is 0 Å². The fourth-order valence-electron chi connectivity index (χ4n) is 4.67. The number of carbonyl (C=O) groups excluding carboxylic acids is 1. The number of hydrogen-bond donors (Lipinski definition) is 1. The van der Waals surface area contributed by atoms with Gasteiger partial charge in [-0.3, -0.25) is 9.69 Å². The predicted octanol–water partition coefficient (Wildman–Crippen LogP) is 4.96. The average molecular weight is 383 g/mol. The number of piperidine rings is 2. The van der Waals surface area contributed by atoms with E-state index in [0.29, 0.717) is 22.7 Å². The number of aryl methyl sites for hydroxylation is 1. The van der Waals surface area contributed by atoms with Gasteiger partial charge in [0.15, 0.2) is 0 Å². The molecule has 3 nitrogen and oxygen atoms in total. The Balaban J connectivity index is 1.42. The van der Waals surface area contributed by atoms with Crippen LogP contribution in [0.15, 0.2) is 48.5 Å². The molecule has 27 heavy (non-hydrogen) atoms. The molecule has 0 unspecified atom stereocenters. The Morgan fingerprint density at radius 2 is 1.74 bits per heavy atom. The molecule has 2 atom stereocenters. The number of amides is 1. The molecule has 0 saturated carbocycles. The van der Waals surface area contributed by atoms with Crippen molar-refractivity contribution in [2.75, 3.05) is 0 Å². The molecule has 2 aliphatic rings. The molecule has 1 N–H and O–H groups in total. The van der Waals surface area contributed by atoms with Crippen molar-refractivity contribution in [2.45, 2.75) is 63.7 Å². The van der Waals surface area contributed by atoms with Gasteiger partial charge in [0.25, 0.3) is 5.91 Å². The summed E-state index contributed by atoms with van der Waals surface area (Å²) in [4.78, 5) is 15.3. The first-order valence-electron chi connectivity index (χ1n) is 9.97. The van der Waals surface area contributed by atoms with Gasteiger partial charge in [0.2, 0.25) is 0 Å².